The summed E-state index contributed by atoms with van der Waals surface area (Å²) in [5.74, 6) is 0.790. The summed E-state index contributed by atoms with van der Waals surface area (Å²) in [6, 6.07) is 0.870. The van der Waals surface area contributed by atoms with E-state index < -0.39 is 0 Å². The van der Waals surface area contributed by atoms with E-state index in [9.17, 15) is 0 Å². The summed E-state index contributed by atoms with van der Waals surface area (Å²) in [6.07, 6.45) is 4.22. The molecule has 0 bridgehead atoms. The highest BCUT2D eigenvalue weighted by molar-refractivity contribution is 9.09. The van der Waals surface area contributed by atoms with Crippen LogP contribution in [0.4, 0.5) is 0 Å². The second-order valence-corrected chi connectivity index (χ2v) is 5.85. The van der Waals surface area contributed by atoms with Gasteiger partial charge in [0.25, 0.3) is 0 Å². The average Bonchev–Trinajstić information content (AvgIpc) is 2.58. The highest BCUT2D eigenvalue weighted by Gasteiger charge is 2.28. The van der Waals surface area contributed by atoms with Crippen LogP contribution in [-0.2, 0) is 0 Å². The van der Waals surface area contributed by atoms with Gasteiger partial charge in [-0.25, -0.2) is 0 Å². The number of nitrogens with zero attached hydrogens (tertiary/aromatic N) is 2. The van der Waals surface area contributed by atoms with Crippen molar-refractivity contribution in [2.45, 2.75) is 32.2 Å². The average molecular weight is 275 g/mol. The fourth-order valence-electron chi connectivity index (χ4n) is 2.94. The summed E-state index contributed by atoms with van der Waals surface area (Å²) >= 11 is 3.58. The van der Waals surface area contributed by atoms with Gasteiger partial charge < -0.3 is 4.90 Å². The zero-order valence-corrected chi connectivity index (χ0v) is 11.4. The maximum Gasteiger partial charge on any atom is 0.0223 e. The lowest BCUT2D eigenvalue weighted by atomic mass is 10.1. The second-order valence-electron chi connectivity index (χ2n) is 5.20. The number of alkyl halides is 1. The third-order valence-corrected chi connectivity index (χ3v) is 4.83. The number of fused-ring (bicyclic) bond motifs is 1. The SMILES string of the molecule is CC(CBr)CN1CCCN2CCCC2C1. The van der Waals surface area contributed by atoms with E-state index in [4.69, 9.17) is 0 Å². The highest BCUT2D eigenvalue weighted by Crippen LogP contribution is 2.21. The van der Waals surface area contributed by atoms with Crippen LogP contribution >= 0.6 is 15.9 Å². The molecule has 0 spiro atoms. The first-order valence-electron chi connectivity index (χ1n) is 6.32. The van der Waals surface area contributed by atoms with Gasteiger partial charge in [-0.2, -0.15) is 0 Å². The molecule has 15 heavy (non-hydrogen) atoms. The molecule has 0 N–H and O–H groups in total. The van der Waals surface area contributed by atoms with Crippen LogP contribution in [0.25, 0.3) is 0 Å². The summed E-state index contributed by atoms with van der Waals surface area (Å²) in [5, 5.41) is 1.14. The Labute approximate surface area is 102 Å². The van der Waals surface area contributed by atoms with E-state index >= 15 is 0 Å². The predicted molar refractivity (Wildman–Crippen MR) is 68.6 cm³/mol. The molecule has 0 radical (unpaired) electrons. The monoisotopic (exact) mass is 274 g/mol. The first-order chi connectivity index (χ1) is 7.29. The van der Waals surface area contributed by atoms with Crippen LogP contribution in [0.3, 0.4) is 0 Å². The molecule has 2 saturated heterocycles. The third kappa shape index (κ3) is 3.18. The second kappa shape index (κ2) is 5.65. The molecule has 2 unspecified atom stereocenters. The van der Waals surface area contributed by atoms with Crippen molar-refractivity contribution in [3.63, 3.8) is 0 Å². The Balaban J connectivity index is 1.85. The normalized spacial score (nSPS) is 31.2. The lowest BCUT2D eigenvalue weighted by Gasteiger charge is -2.27. The van der Waals surface area contributed by atoms with Crippen LogP contribution in [0.2, 0.25) is 0 Å². The van der Waals surface area contributed by atoms with Gasteiger partial charge in [-0.3, -0.25) is 4.90 Å². The van der Waals surface area contributed by atoms with Crippen molar-refractivity contribution in [2.75, 3.05) is 38.1 Å². The molecule has 2 rings (SSSR count). The van der Waals surface area contributed by atoms with Gasteiger partial charge in [0.15, 0.2) is 0 Å². The first-order valence-corrected chi connectivity index (χ1v) is 7.44. The molecule has 2 atom stereocenters. The van der Waals surface area contributed by atoms with Crippen LogP contribution in [0.15, 0.2) is 0 Å². The van der Waals surface area contributed by atoms with E-state index in [0.29, 0.717) is 0 Å². The van der Waals surface area contributed by atoms with Crippen molar-refractivity contribution >= 4 is 15.9 Å². The minimum Gasteiger partial charge on any atom is -0.301 e. The fraction of sp³-hybridized carbons (Fsp3) is 1.00. The smallest absolute Gasteiger partial charge is 0.0223 e. The van der Waals surface area contributed by atoms with E-state index in [1.165, 1.54) is 52.0 Å². The Morgan fingerprint density at radius 3 is 2.87 bits per heavy atom. The summed E-state index contributed by atoms with van der Waals surface area (Å²) < 4.78 is 0. The maximum absolute atomic E-state index is 3.58. The summed E-state index contributed by atoms with van der Waals surface area (Å²) in [6.45, 7) is 8.93. The lowest BCUT2D eigenvalue weighted by molar-refractivity contribution is 0.207. The van der Waals surface area contributed by atoms with Crippen molar-refractivity contribution in [1.82, 2.24) is 9.80 Å². The molecule has 0 aromatic rings. The van der Waals surface area contributed by atoms with Gasteiger partial charge >= 0.3 is 0 Å². The Kier molecular flexibility index (Phi) is 4.47. The molecule has 2 nitrogen and oxygen atoms in total. The Morgan fingerprint density at radius 2 is 2.07 bits per heavy atom. The minimum atomic E-state index is 0.790. The zero-order valence-electron chi connectivity index (χ0n) is 9.79. The first kappa shape index (κ1) is 11.9. The van der Waals surface area contributed by atoms with Crippen molar-refractivity contribution in [2.24, 2.45) is 5.92 Å². The Hall–Kier alpha value is 0.400. The Morgan fingerprint density at radius 1 is 1.27 bits per heavy atom. The van der Waals surface area contributed by atoms with E-state index in [0.717, 1.165) is 17.3 Å². The van der Waals surface area contributed by atoms with E-state index in [1.807, 2.05) is 0 Å². The molecule has 0 aromatic carbocycles. The van der Waals surface area contributed by atoms with Crippen molar-refractivity contribution in [1.29, 1.82) is 0 Å². The van der Waals surface area contributed by atoms with E-state index in [1.54, 1.807) is 0 Å². The molecule has 0 saturated carbocycles. The van der Waals surface area contributed by atoms with Gasteiger partial charge in [0.2, 0.25) is 0 Å². The van der Waals surface area contributed by atoms with Crippen LogP contribution in [0, 0.1) is 5.92 Å². The summed E-state index contributed by atoms with van der Waals surface area (Å²) in [5.41, 5.74) is 0. The van der Waals surface area contributed by atoms with Crippen LogP contribution < -0.4 is 0 Å². The van der Waals surface area contributed by atoms with Gasteiger partial charge in [-0.15, -0.1) is 0 Å². The number of hydrogen-bond acceptors (Lipinski definition) is 2. The number of rotatable bonds is 3. The summed E-state index contributed by atoms with van der Waals surface area (Å²) in [4.78, 5) is 5.39. The minimum absolute atomic E-state index is 0.790. The third-order valence-electron chi connectivity index (χ3n) is 3.72. The van der Waals surface area contributed by atoms with Crippen molar-refractivity contribution < 1.29 is 0 Å². The van der Waals surface area contributed by atoms with Gasteiger partial charge in [0.1, 0.15) is 0 Å². The molecule has 0 amide bonds. The largest absolute Gasteiger partial charge is 0.301 e. The van der Waals surface area contributed by atoms with Crippen molar-refractivity contribution in [3.05, 3.63) is 0 Å². The van der Waals surface area contributed by atoms with Crippen LogP contribution in [0.5, 0.6) is 0 Å². The fourth-order valence-corrected chi connectivity index (χ4v) is 3.14. The molecule has 0 aromatic heterocycles. The molecular weight excluding hydrogens is 252 g/mol. The van der Waals surface area contributed by atoms with Crippen LogP contribution in [0.1, 0.15) is 26.2 Å². The molecule has 2 fully saturated rings. The van der Waals surface area contributed by atoms with Gasteiger partial charge in [0.05, 0.1) is 0 Å². The summed E-state index contributed by atoms with van der Waals surface area (Å²) in [7, 11) is 0. The molecule has 2 heterocycles. The van der Waals surface area contributed by atoms with Gasteiger partial charge in [-0.1, -0.05) is 22.9 Å². The molecule has 88 valence electrons. The molecule has 0 aliphatic carbocycles. The van der Waals surface area contributed by atoms with E-state index in [-0.39, 0.29) is 0 Å². The lowest BCUT2D eigenvalue weighted by Crippen LogP contribution is -2.38. The van der Waals surface area contributed by atoms with Gasteiger partial charge in [0, 0.05) is 24.5 Å². The maximum atomic E-state index is 3.58. The molecule has 2 aliphatic heterocycles. The van der Waals surface area contributed by atoms with Crippen LogP contribution in [-0.4, -0.2) is 53.9 Å². The van der Waals surface area contributed by atoms with E-state index in [2.05, 4.69) is 32.7 Å². The number of halogens is 1. The predicted octanol–water partition coefficient (Wildman–Crippen LogP) is 2.19. The molecule has 2 aliphatic rings. The number of hydrogen-bond donors (Lipinski definition) is 0. The topological polar surface area (TPSA) is 6.48 Å². The quantitative estimate of drug-likeness (QED) is 0.728. The molecular formula is C12H23BrN2. The Bertz CT molecular complexity index is 198. The van der Waals surface area contributed by atoms with Crippen molar-refractivity contribution in [3.8, 4) is 0 Å². The van der Waals surface area contributed by atoms with Gasteiger partial charge in [-0.05, 0) is 44.8 Å². The zero-order chi connectivity index (χ0) is 10.7. The standard InChI is InChI=1S/C12H23BrN2/c1-11(8-13)9-14-5-3-7-15-6-2-4-12(15)10-14/h11-12H,2-10H2,1H3. The molecule has 3 heteroatoms. The highest BCUT2D eigenvalue weighted by atomic mass is 79.9.